The molecular weight excluding hydrogens is 424 g/mol. The first-order valence-electron chi connectivity index (χ1n) is 12.6. The molecule has 0 bridgehead atoms. The smallest absolute Gasteiger partial charge is 0.237 e. The number of ketones is 1. The Hall–Kier alpha value is -2.66. The van der Waals surface area contributed by atoms with Gasteiger partial charge >= 0.3 is 0 Å². The van der Waals surface area contributed by atoms with Crippen LogP contribution in [0.2, 0.25) is 0 Å². The van der Waals surface area contributed by atoms with Crippen LogP contribution in [0, 0.1) is 11.8 Å². The maximum atomic E-state index is 13.2. The SMILES string of the molecule is CCCC(C)COc1ccc([C@H](CNC(=O)[C@@H](N)C(C)C)CC(=O)[C@@H](C)c2ccccc2)cc1. The molecule has 0 heterocycles. The summed E-state index contributed by atoms with van der Waals surface area (Å²) in [6, 6.07) is 17.1. The summed E-state index contributed by atoms with van der Waals surface area (Å²) in [6.07, 6.45) is 2.62. The third-order valence-corrected chi connectivity index (χ3v) is 6.44. The Kier molecular flexibility index (Phi) is 11.3. The van der Waals surface area contributed by atoms with Crippen LogP contribution >= 0.6 is 0 Å². The summed E-state index contributed by atoms with van der Waals surface area (Å²) in [5.41, 5.74) is 8.02. The van der Waals surface area contributed by atoms with E-state index in [1.807, 2.05) is 75.4 Å². The first-order valence-corrected chi connectivity index (χ1v) is 12.6. The van der Waals surface area contributed by atoms with Crippen LogP contribution in [-0.4, -0.2) is 30.9 Å². The van der Waals surface area contributed by atoms with E-state index in [-0.39, 0.29) is 29.4 Å². The van der Waals surface area contributed by atoms with Crippen molar-refractivity contribution in [1.29, 1.82) is 0 Å². The molecule has 0 radical (unpaired) electrons. The Balaban J connectivity index is 2.12. The maximum Gasteiger partial charge on any atom is 0.237 e. The van der Waals surface area contributed by atoms with E-state index in [1.54, 1.807) is 0 Å². The van der Waals surface area contributed by atoms with Gasteiger partial charge in [-0.1, -0.05) is 83.5 Å². The summed E-state index contributed by atoms with van der Waals surface area (Å²) >= 11 is 0. The van der Waals surface area contributed by atoms with E-state index >= 15 is 0 Å². The number of carbonyl (C=O) groups is 2. The lowest BCUT2D eigenvalue weighted by Gasteiger charge is -2.22. The number of Topliss-reactive ketones (excluding diaryl/α,β-unsaturated/α-hetero) is 1. The van der Waals surface area contributed by atoms with Gasteiger partial charge in [-0.15, -0.1) is 0 Å². The first kappa shape index (κ1) is 27.6. The van der Waals surface area contributed by atoms with Gasteiger partial charge in [0.15, 0.2) is 0 Å². The average molecular weight is 467 g/mol. The normalized spacial score (nSPS) is 14.8. The lowest BCUT2D eigenvalue weighted by molar-refractivity contribution is -0.124. The lowest BCUT2D eigenvalue weighted by atomic mass is 9.87. The standard InChI is InChI=1S/C29H42N2O3/c1-6-10-21(4)19-34-26-15-13-24(14-16-26)25(18-31-29(33)28(30)20(2)3)17-27(32)22(5)23-11-8-7-9-12-23/h7-9,11-16,20-22,25,28H,6,10,17-19,30H2,1-5H3,(H,31,33)/t21?,22-,25-,28-/m0/s1. The van der Waals surface area contributed by atoms with Gasteiger partial charge in [-0.3, -0.25) is 9.59 Å². The molecular formula is C29H42N2O3. The minimum atomic E-state index is -0.569. The summed E-state index contributed by atoms with van der Waals surface area (Å²) in [6.45, 7) is 11.2. The second-order valence-electron chi connectivity index (χ2n) is 9.79. The molecule has 0 aliphatic carbocycles. The predicted octanol–water partition coefficient (Wildman–Crippen LogP) is 5.45. The molecule has 4 atom stereocenters. The highest BCUT2D eigenvalue weighted by Crippen LogP contribution is 2.27. The van der Waals surface area contributed by atoms with Crippen molar-refractivity contribution >= 4 is 11.7 Å². The van der Waals surface area contributed by atoms with Crippen LogP contribution in [0.15, 0.2) is 54.6 Å². The molecule has 0 aliphatic rings. The third kappa shape index (κ3) is 8.60. The summed E-state index contributed by atoms with van der Waals surface area (Å²) in [5.74, 6) is 0.982. The van der Waals surface area contributed by atoms with Crippen molar-refractivity contribution < 1.29 is 14.3 Å². The molecule has 2 rings (SSSR count). The number of benzene rings is 2. The highest BCUT2D eigenvalue weighted by Gasteiger charge is 2.24. The molecule has 0 saturated carbocycles. The van der Waals surface area contributed by atoms with Crippen LogP contribution in [0.5, 0.6) is 5.75 Å². The highest BCUT2D eigenvalue weighted by molar-refractivity contribution is 5.86. The van der Waals surface area contributed by atoms with E-state index in [2.05, 4.69) is 19.2 Å². The molecule has 3 N–H and O–H groups in total. The van der Waals surface area contributed by atoms with E-state index in [4.69, 9.17) is 10.5 Å². The largest absolute Gasteiger partial charge is 0.493 e. The van der Waals surface area contributed by atoms with E-state index < -0.39 is 6.04 Å². The van der Waals surface area contributed by atoms with Crippen LogP contribution in [0.4, 0.5) is 0 Å². The molecule has 0 spiro atoms. The van der Waals surface area contributed by atoms with Crippen LogP contribution in [0.3, 0.4) is 0 Å². The molecule has 0 aliphatic heterocycles. The molecule has 5 nitrogen and oxygen atoms in total. The van der Waals surface area contributed by atoms with Gasteiger partial charge < -0.3 is 15.8 Å². The molecule has 1 unspecified atom stereocenters. The molecule has 2 aromatic carbocycles. The van der Waals surface area contributed by atoms with Crippen LogP contribution < -0.4 is 15.8 Å². The Morgan fingerprint density at radius 2 is 1.59 bits per heavy atom. The van der Waals surface area contributed by atoms with Gasteiger partial charge in [0.1, 0.15) is 11.5 Å². The first-order chi connectivity index (χ1) is 16.2. The summed E-state index contributed by atoms with van der Waals surface area (Å²) in [4.78, 5) is 25.6. The van der Waals surface area contributed by atoms with Crippen molar-refractivity contribution in [2.45, 2.75) is 71.8 Å². The second-order valence-corrected chi connectivity index (χ2v) is 9.79. The number of nitrogens with one attached hydrogen (secondary N) is 1. The lowest BCUT2D eigenvalue weighted by Crippen LogP contribution is -2.45. The molecule has 0 saturated heterocycles. The number of ether oxygens (including phenoxy) is 1. The van der Waals surface area contributed by atoms with Gasteiger partial charge in [0.05, 0.1) is 12.6 Å². The Morgan fingerprint density at radius 1 is 0.941 bits per heavy atom. The zero-order chi connectivity index (χ0) is 25.1. The number of hydrogen-bond acceptors (Lipinski definition) is 4. The summed E-state index contributed by atoms with van der Waals surface area (Å²) in [5, 5.41) is 2.97. The van der Waals surface area contributed by atoms with Crippen molar-refractivity contribution in [3.05, 3.63) is 65.7 Å². The minimum absolute atomic E-state index is 0.0460. The number of amides is 1. The van der Waals surface area contributed by atoms with E-state index in [9.17, 15) is 9.59 Å². The molecule has 0 aromatic heterocycles. The molecule has 5 heteroatoms. The molecule has 1 amide bonds. The fourth-order valence-corrected chi connectivity index (χ4v) is 3.95. The Labute approximate surface area is 205 Å². The van der Waals surface area contributed by atoms with Crippen molar-refractivity contribution in [1.82, 2.24) is 5.32 Å². The Bertz CT molecular complexity index is 880. The van der Waals surface area contributed by atoms with E-state index in [1.165, 1.54) is 0 Å². The van der Waals surface area contributed by atoms with Crippen molar-refractivity contribution in [2.75, 3.05) is 13.2 Å². The molecule has 2 aromatic rings. The molecule has 34 heavy (non-hydrogen) atoms. The fourth-order valence-electron chi connectivity index (χ4n) is 3.95. The third-order valence-electron chi connectivity index (χ3n) is 6.44. The van der Waals surface area contributed by atoms with Gasteiger partial charge in [-0.25, -0.2) is 0 Å². The van der Waals surface area contributed by atoms with E-state index in [0.717, 1.165) is 29.7 Å². The average Bonchev–Trinajstić information content (AvgIpc) is 2.85. The number of hydrogen-bond donors (Lipinski definition) is 2. The quantitative estimate of drug-likeness (QED) is 0.388. The van der Waals surface area contributed by atoms with E-state index in [0.29, 0.717) is 25.5 Å². The highest BCUT2D eigenvalue weighted by atomic mass is 16.5. The van der Waals surface area contributed by atoms with Gasteiger partial charge in [-0.05, 0) is 41.5 Å². The van der Waals surface area contributed by atoms with Crippen molar-refractivity contribution in [3.63, 3.8) is 0 Å². The maximum absolute atomic E-state index is 13.2. The molecule has 0 fully saturated rings. The zero-order valence-electron chi connectivity index (χ0n) is 21.4. The van der Waals surface area contributed by atoms with Crippen molar-refractivity contribution in [3.8, 4) is 5.75 Å². The van der Waals surface area contributed by atoms with Crippen LogP contribution in [0.25, 0.3) is 0 Å². The fraction of sp³-hybridized carbons (Fsp3) is 0.517. The number of rotatable bonds is 14. The zero-order valence-corrected chi connectivity index (χ0v) is 21.4. The summed E-state index contributed by atoms with van der Waals surface area (Å²) in [7, 11) is 0. The molecule has 186 valence electrons. The van der Waals surface area contributed by atoms with Gasteiger partial charge in [0.2, 0.25) is 5.91 Å². The van der Waals surface area contributed by atoms with Gasteiger partial charge in [-0.2, -0.15) is 0 Å². The summed E-state index contributed by atoms with van der Waals surface area (Å²) < 4.78 is 5.94. The Morgan fingerprint density at radius 3 is 2.18 bits per heavy atom. The monoisotopic (exact) mass is 466 g/mol. The number of nitrogens with two attached hydrogens (primary N) is 1. The van der Waals surface area contributed by atoms with Crippen molar-refractivity contribution in [2.24, 2.45) is 17.6 Å². The van der Waals surface area contributed by atoms with Crippen LogP contribution in [0.1, 0.15) is 76.8 Å². The predicted molar refractivity (Wildman–Crippen MR) is 139 cm³/mol. The topological polar surface area (TPSA) is 81.4 Å². The van der Waals surface area contributed by atoms with Gasteiger partial charge in [0.25, 0.3) is 0 Å². The van der Waals surface area contributed by atoms with Crippen LogP contribution in [-0.2, 0) is 9.59 Å². The minimum Gasteiger partial charge on any atom is -0.493 e. The second kappa shape index (κ2) is 13.9. The van der Waals surface area contributed by atoms with Gasteiger partial charge in [0, 0.05) is 24.8 Å². The number of carbonyl (C=O) groups excluding carboxylic acids is 2.